The highest BCUT2D eigenvalue weighted by Gasteiger charge is 1.98. The van der Waals surface area contributed by atoms with Crippen molar-refractivity contribution in [1.82, 2.24) is 10.6 Å². The van der Waals surface area contributed by atoms with Crippen molar-refractivity contribution in [2.75, 3.05) is 26.3 Å². The van der Waals surface area contributed by atoms with E-state index in [1.165, 1.54) is 12.2 Å². The van der Waals surface area contributed by atoms with E-state index in [-0.39, 0.29) is 11.8 Å². The summed E-state index contributed by atoms with van der Waals surface area (Å²) in [5.74, 6) is 10.8. The molecule has 7 heteroatoms. The molecule has 2 N–H and O–H groups in total. The van der Waals surface area contributed by atoms with Gasteiger partial charge in [-0.2, -0.15) is 0 Å². The van der Waals surface area contributed by atoms with Crippen LogP contribution in [-0.2, 0) is 14.4 Å². The summed E-state index contributed by atoms with van der Waals surface area (Å²) in [7, 11) is 0. The van der Waals surface area contributed by atoms with Crippen LogP contribution in [-0.4, -0.2) is 43.9 Å². The van der Waals surface area contributed by atoms with Crippen molar-refractivity contribution in [2.45, 2.75) is 0 Å². The van der Waals surface area contributed by atoms with E-state index in [0.717, 1.165) is 0 Å². The Morgan fingerprint density at radius 1 is 0.706 bits per heavy atom. The minimum Gasteiger partial charge on any atom is -0.492 e. The van der Waals surface area contributed by atoms with Crippen LogP contribution in [0.2, 0.25) is 0 Å². The first-order valence-corrected chi connectivity index (χ1v) is 10.3. The molecule has 0 aliphatic rings. The van der Waals surface area contributed by atoms with Gasteiger partial charge in [-0.1, -0.05) is 25.0 Å². The van der Waals surface area contributed by atoms with Crippen LogP contribution in [0.3, 0.4) is 0 Å². The second-order valence-electron chi connectivity index (χ2n) is 6.57. The van der Waals surface area contributed by atoms with E-state index in [2.05, 4.69) is 47.5 Å². The lowest BCUT2D eigenvalue weighted by molar-refractivity contribution is -0.117. The number of hydrogen-bond acceptors (Lipinski definition) is 5. The number of hydrogen-bond donors (Lipinski definition) is 2. The molecule has 2 aromatic rings. The molecule has 0 heterocycles. The van der Waals surface area contributed by atoms with Gasteiger partial charge in [0.05, 0.1) is 13.1 Å². The molecule has 7 nitrogen and oxygen atoms in total. The molecule has 0 unspecified atom stereocenters. The minimum absolute atomic E-state index is 0.254. The predicted octanol–water partition coefficient (Wildman–Crippen LogP) is 2.02. The van der Waals surface area contributed by atoms with Crippen LogP contribution in [0.1, 0.15) is 11.1 Å². The molecule has 0 fully saturated rings. The van der Waals surface area contributed by atoms with Gasteiger partial charge in [0.2, 0.25) is 11.8 Å². The molecule has 172 valence electrons. The van der Waals surface area contributed by atoms with Crippen LogP contribution in [0.15, 0.2) is 73.8 Å². The third kappa shape index (κ3) is 10.0. The highest BCUT2D eigenvalue weighted by atomic mass is 16.5. The van der Waals surface area contributed by atoms with E-state index < -0.39 is 5.78 Å². The Labute approximate surface area is 198 Å². The van der Waals surface area contributed by atoms with Gasteiger partial charge in [-0.15, -0.1) is 0 Å². The van der Waals surface area contributed by atoms with Crippen LogP contribution in [0.25, 0.3) is 0 Å². The minimum atomic E-state index is -0.503. The quantitative estimate of drug-likeness (QED) is 0.324. The van der Waals surface area contributed by atoms with Gasteiger partial charge in [-0.05, 0) is 72.5 Å². The van der Waals surface area contributed by atoms with Gasteiger partial charge in [0.15, 0.2) is 0 Å². The first kappa shape index (κ1) is 25.5. The zero-order valence-electron chi connectivity index (χ0n) is 18.6. The van der Waals surface area contributed by atoms with Crippen molar-refractivity contribution in [1.29, 1.82) is 0 Å². The zero-order chi connectivity index (χ0) is 24.6. The summed E-state index contributed by atoms with van der Waals surface area (Å²) in [6, 6.07) is 13.8. The van der Waals surface area contributed by atoms with Crippen LogP contribution >= 0.6 is 0 Å². The smallest absolute Gasteiger partial charge is 0.279 e. The molecule has 0 aromatic heterocycles. The second kappa shape index (κ2) is 14.3. The average molecular weight is 456 g/mol. The first-order valence-electron chi connectivity index (χ1n) is 10.3. The standard InChI is InChI=1S/C27H24N2O5/c1-3-26(31)28-17-19-33-24-13-7-21(8-14-24)5-11-23(30)12-6-22-9-15-25(16-10-22)34-20-18-29-27(32)4-2/h3-4,7-10,13-16H,1-2,17-20H2,(H,28,31)(H,29,32). The van der Waals surface area contributed by atoms with Gasteiger partial charge in [0.1, 0.15) is 24.7 Å². The molecule has 34 heavy (non-hydrogen) atoms. The molecule has 2 aromatic carbocycles. The Hall–Kier alpha value is -4.75. The zero-order valence-corrected chi connectivity index (χ0v) is 18.6. The van der Waals surface area contributed by atoms with Gasteiger partial charge in [0, 0.05) is 11.1 Å². The molecule has 0 saturated heterocycles. The molecular formula is C27H24N2O5. The van der Waals surface area contributed by atoms with Crippen LogP contribution < -0.4 is 20.1 Å². The maximum Gasteiger partial charge on any atom is 0.279 e. The molecule has 0 atom stereocenters. The summed E-state index contributed by atoms with van der Waals surface area (Å²) in [4.78, 5) is 34.1. The summed E-state index contributed by atoms with van der Waals surface area (Å²) in [5.41, 5.74) is 1.29. The normalized spacial score (nSPS) is 9.18. The molecule has 0 aliphatic heterocycles. The summed E-state index contributed by atoms with van der Waals surface area (Å²) >= 11 is 0. The fraction of sp³-hybridized carbons (Fsp3) is 0.148. The van der Waals surface area contributed by atoms with E-state index in [9.17, 15) is 14.4 Å². The third-order valence-corrected chi connectivity index (χ3v) is 4.06. The number of amides is 2. The van der Waals surface area contributed by atoms with Crippen LogP contribution in [0, 0.1) is 23.7 Å². The molecule has 0 bridgehead atoms. The Morgan fingerprint density at radius 3 is 1.44 bits per heavy atom. The van der Waals surface area contributed by atoms with E-state index in [4.69, 9.17) is 9.47 Å². The number of ether oxygens (including phenoxy) is 2. The number of carbonyl (C=O) groups excluding carboxylic acids is 3. The Kier molecular flexibility index (Phi) is 10.8. The van der Waals surface area contributed by atoms with Crippen LogP contribution in [0.5, 0.6) is 11.5 Å². The lowest BCUT2D eigenvalue weighted by Crippen LogP contribution is -2.26. The molecule has 2 rings (SSSR count). The molecule has 0 spiro atoms. The topological polar surface area (TPSA) is 93.7 Å². The number of rotatable bonds is 10. The Morgan fingerprint density at radius 2 is 1.09 bits per heavy atom. The highest BCUT2D eigenvalue weighted by Crippen LogP contribution is 2.12. The number of benzene rings is 2. The van der Waals surface area contributed by atoms with E-state index in [0.29, 0.717) is 48.9 Å². The maximum atomic E-state index is 12.0. The summed E-state index contributed by atoms with van der Waals surface area (Å²) in [6.45, 7) is 8.11. The van der Waals surface area contributed by atoms with E-state index in [1.807, 2.05) is 0 Å². The van der Waals surface area contributed by atoms with E-state index in [1.54, 1.807) is 48.5 Å². The predicted molar refractivity (Wildman–Crippen MR) is 129 cm³/mol. The van der Waals surface area contributed by atoms with Crippen molar-refractivity contribution in [3.63, 3.8) is 0 Å². The Balaban J connectivity index is 1.79. The molecule has 0 aliphatic carbocycles. The van der Waals surface area contributed by atoms with Crippen molar-refractivity contribution in [3.8, 4) is 35.2 Å². The highest BCUT2D eigenvalue weighted by molar-refractivity contribution is 6.09. The van der Waals surface area contributed by atoms with Gasteiger partial charge in [-0.25, -0.2) is 0 Å². The fourth-order valence-electron chi connectivity index (χ4n) is 2.39. The lowest BCUT2D eigenvalue weighted by Gasteiger charge is -2.06. The number of ketones is 1. The third-order valence-electron chi connectivity index (χ3n) is 4.06. The van der Waals surface area contributed by atoms with Gasteiger partial charge < -0.3 is 20.1 Å². The molecule has 0 radical (unpaired) electrons. The number of Topliss-reactive ketones (excluding diaryl/α,β-unsaturated/α-hetero) is 1. The van der Waals surface area contributed by atoms with Crippen molar-refractivity contribution in [3.05, 3.63) is 85.0 Å². The van der Waals surface area contributed by atoms with Gasteiger partial charge in [0.25, 0.3) is 5.78 Å². The van der Waals surface area contributed by atoms with Crippen molar-refractivity contribution in [2.24, 2.45) is 0 Å². The lowest BCUT2D eigenvalue weighted by atomic mass is 10.2. The summed E-state index contributed by atoms with van der Waals surface area (Å²) < 4.78 is 11.0. The maximum absolute atomic E-state index is 12.0. The SMILES string of the molecule is C=CC(=O)NCCOc1ccc(C#CC(=O)C#Cc2ccc(OCCNC(=O)C=C)cc2)cc1. The van der Waals surface area contributed by atoms with Crippen molar-refractivity contribution < 1.29 is 23.9 Å². The summed E-state index contributed by atoms with van der Waals surface area (Å²) in [6.07, 6.45) is 2.39. The largest absolute Gasteiger partial charge is 0.492 e. The molecule has 2 amide bonds. The molecular weight excluding hydrogens is 432 g/mol. The number of carbonyl (C=O) groups is 3. The Bertz CT molecular complexity index is 1050. The van der Waals surface area contributed by atoms with Gasteiger partial charge >= 0.3 is 0 Å². The average Bonchev–Trinajstić information content (AvgIpc) is 2.87. The number of nitrogens with one attached hydrogen (secondary N) is 2. The monoisotopic (exact) mass is 456 g/mol. The van der Waals surface area contributed by atoms with Crippen LogP contribution in [0.4, 0.5) is 0 Å². The van der Waals surface area contributed by atoms with E-state index >= 15 is 0 Å². The summed E-state index contributed by atoms with van der Waals surface area (Å²) in [5, 5.41) is 5.22. The second-order valence-corrected chi connectivity index (χ2v) is 6.57. The molecule has 0 saturated carbocycles. The fourth-order valence-corrected chi connectivity index (χ4v) is 2.39. The van der Waals surface area contributed by atoms with Crippen molar-refractivity contribution >= 4 is 17.6 Å². The first-order chi connectivity index (χ1) is 16.5. The van der Waals surface area contributed by atoms with Gasteiger partial charge in [-0.3, -0.25) is 14.4 Å².